The molecular weight excluding hydrogens is 395 g/mol. The van der Waals surface area contributed by atoms with Crippen LogP contribution in [0, 0.1) is 11.3 Å². The van der Waals surface area contributed by atoms with Gasteiger partial charge in [-0.05, 0) is 36.6 Å². The number of hydrogen-bond donors (Lipinski definition) is 1. The molecule has 28 heavy (non-hydrogen) atoms. The molecule has 5 nitrogen and oxygen atoms in total. The maximum absolute atomic E-state index is 12.9. The Morgan fingerprint density at radius 3 is 2.61 bits per heavy atom. The van der Waals surface area contributed by atoms with Crippen molar-refractivity contribution in [1.29, 1.82) is 5.26 Å². The van der Waals surface area contributed by atoms with Crippen LogP contribution in [0.3, 0.4) is 0 Å². The van der Waals surface area contributed by atoms with Crippen LogP contribution in [0.25, 0.3) is 16.9 Å². The summed E-state index contributed by atoms with van der Waals surface area (Å²) in [5, 5.41) is 13.5. The van der Waals surface area contributed by atoms with Gasteiger partial charge in [-0.25, -0.2) is 4.98 Å². The number of aromatic nitrogens is 3. The van der Waals surface area contributed by atoms with Crippen molar-refractivity contribution in [3.8, 4) is 17.3 Å². The first-order valence-corrected chi connectivity index (χ1v) is 9.36. The van der Waals surface area contributed by atoms with E-state index in [1.807, 2.05) is 30.3 Å². The molecule has 0 aliphatic heterocycles. The van der Waals surface area contributed by atoms with E-state index in [4.69, 9.17) is 23.2 Å². The van der Waals surface area contributed by atoms with Crippen molar-refractivity contribution < 1.29 is 0 Å². The number of rotatable bonds is 4. The number of nitrogens with zero attached hydrogens (tertiary/aromatic N) is 3. The maximum atomic E-state index is 12.9. The van der Waals surface area contributed by atoms with E-state index in [9.17, 15) is 10.1 Å². The van der Waals surface area contributed by atoms with E-state index in [0.29, 0.717) is 33.3 Å². The topological polar surface area (TPSA) is 73.9 Å². The monoisotopic (exact) mass is 408 g/mol. The van der Waals surface area contributed by atoms with Gasteiger partial charge in [-0.15, -0.1) is 0 Å². The molecule has 0 aliphatic carbocycles. The number of nitriles is 1. The highest BCUT2D eigenvalue weighted by Crippen LogP contribution is 2.32. The molecule has 0 spiro atoms. The quantitative estimate of drug-likeness (QED) is 0.533. The van der Waals surface area contributed by atoms with Crippen LogP contribution >= 0.6 is 23.2 Å². The number of nitrogens with one attached hydrogen (secondary N) is 1. The molecule has 0 fully saturated rings. The third-order valence-electron chi connectivity index (χ3n) is 4.57. The van der Waals surface area contributed by atoms with Crippen LogP contribution in [0.4, 0.5) is 0 Å². The molecule has 138 valence electrons. The van der Waals surface area contributed by atoms with Gasteiger partial charge in [0.05, 0.1) is 10.7 Å². The summed E-state index contributed by atoms with van der Waals surface area (Å²) < 4.78 is 1.30. The summed E-state index contributed by atoms with van der Waals surface area (Å²) in [5.74, 6) is 0. The highest BCUT2D eigenvalue weighted by atomic mass is 35.5. The predicted molar refractivity (Wildman–Crippen MR) is 110 cm³/mol. The Kier molecular flexibility index (Phi) is 4.91. The molecule has 0 atom stereocenters. The third kappa shape index (κ3) is 3.29. The zero-order chi connectivity index (χ0) is 19.7. The van der Waals surface area contributed by atoms with Gasteiger partial charge in [0, 0.05) is 22.3 Å². The fourth-order valence-electron chi connectivity index (χ4n) is 3.14. The van der Waals surface area contributed by atoms with E-state index in [0.717, 1.165) is 12.0 Å². The lowest BCUT2D eigenvalue weighted by Crippen LogP contribution is -2.20. The Morgan fingerprint density at radius 1 is 1.11 bits per heavy atom. The molecule has 0 saturated carbocycles. The molecule has 0 unspecified atom stereocenters. The number of halogens is 2. The average Bonchev–Trinajstić information content (AvgIpc) is 3.07. The van der Waals surface area contributed by atoms with E-state index >= 15 is 0 Å². The lowest BCUT2D eigenvalue weighted by atomic mass is 10.1. The molecule has 2 heterocycles. The van der Waals surface area contributed by atoms with Gasteiger partial charge in [0.15, 0.2) is 5.65 Å². The number of fused-ring (bicyclic) bond motifs is 1. The van der Waals surface area contributed by atoms with Crippen molar-refractivity contribution in [2.45, 2.75) is 12.8 Å². The minimum atomic E-state index is -0.228. The highest BCUT2D eigenvalue weighted by Gasteiger charge is 2.19. The minimum Gasteiger partial charge on any atom is -0.287 e. The molecule has 0 saturated heterocycles. The lowest BCUT2D eigenvalue weighted by molar-refractivity contribution is 0.845. The van der Waals surface area contributed by atoms with Gasteiger partial charge in [0.1, 0.15) is 11.6 Å². The van der Waals surface area contributed by atoms with Gasteiger partial charge >= 0.3 is 0 Å². The summed E-state index contributed by atoms with van der Waals surface area (Å²) in [7, 11) is 0. The molecule has 2 aromatic heterocycles. The summed E-state index contributed by atoms with van der Waals surface area (Å²) in [4.78, 5) is 17.3. The molecule has 4 rings (SSSR count). The lowest BCUT2D eigenvalue weighted by Gasteiger charge is -2.02. The largest absolute Gasteiger partial charge is 0.287 e. The number of aromatic amines is 1. The van der Waals surface area contributed by atoms with Crippen LogP contribution in [-0.2, 0) is 12.8 Å². The second kappa shape index (κ2) is 7.51. The van der Waals surface area contributed by atoms with Gasteiger partial charge in [0.2, 0.25) is 0 Å². The molecule has 0 radical (unpaired) electrons. The number of hydrogen-bond acceptors (Lipinski definition) is 3. The van der Waals surface area contributed by atoms with Crippen LogP contribution < -0.4 is 5.56 Å². The van der Waals surface area contributed by atoms with E-state index < -0.39 is 0 Å². The summed E-state index contributed by atoms with van der Waals surface area (Å²) in [6.07, 6.45) is 2.82. The average molecular weight is 409 g/mol. The smallest absolute Gasteiger partial charge is 0.275 e. The Bertz CT molecular complexity index is 1270. The second-order valence-electron chi connectivity index (χ2n) is 6.33. The number of benzene rings is 2. The van der Waals surface area contributed by atoms with Crippen molar-refractivity contribution in [2.24, 2.45) is 0 Å². The normalized spacial score (nSPS) is 10.9. The van der Waals surface area contributed by atoms with E-state index in [1.165, 1.54) is 4.52 Å². The summed E-state index contributed by atoms with van der Waals surface area (Å²) >= 11 is 12.2. The molecule has 7 heteroatoms. The standard InChI is InChI=1S/C21H14Cl2N4O/c22-15-8-9-16(18(23)10-15)19-17(11-24)20-25-12-14(21(28)27(20)26-19)7-6-13-4-2-1-3-5-13/h1-5,8-10,12,26H,6-7H2. The SMILES string of the molecule is N#Cc1c(-c2ccc(Cl)cc2Cl)[nH]n2c(=O)c(CCc3ccccc3)cnc12. The van der Waals surface area contributed by atoms with Crippen molar-refractivity contribution in [2.75, 3.05) is 0 Å². The first kappa shape index (κ1) is 18.3. The van der Waals surface area contributed by atoms with Crippen molar-refractivity contribution in [1.82, 2.24) is 14.6 Å². The molecule has 0 aliphatic rings. The van der Waals surface area contributed by atoms with E-state index in [2.05, 4.69) is 16.2 Å². The second-order valence-corrected chi connectivity index (χ2v) is 7.17. The first-order valence-electron chi connectivity index (χ1n) is 8.60. The molecule has 0 bridgehead atoms. The van der Waals surface area contributed by atoms with Crippen molar-refractivity contribution >= 4 is 28.8 Å². The van der Waals surface area contributed by atoms with Crippen LogP contribution in [0.15, 0.2) is 59.5 Å². The van der Waals surface area contributed by atoms with Crippen LogP contribution in [0.1, 0.15) is 16.7 Å². The van der Waals surface area contributed by atoms with Crippen LogP contribution in [-0.4, -0.2) is 14.6 Å². The van der Waals surface area contributed by atoms with Gasteiger partial charge in [-0.2, -0.15) is 9.78 Å². The highest BCUT2D eigenvalue weighted by molar-refractivity contribution is 6.36. The minimum absolute atomic E-state index is 0.228. The first-order chi connectivity index (χ1) is 13.6. The summed E-state index contributed by atoms with van der Waals surface area (Å²) in [6, 6.07) is 17.0. The summed E-state index contributed by atoms with van der Waals surface area (Å²) in [5.41, 5.74) is 3.04. The zero-order valence-electron chi connectivity index (χ0n) is 14.6. The molecular formula is C21H14Cl2N4O. The van der Waals surface area contributed by atoms with Gasteiger partial charge < -0.3 is 0 Å². The van der Waals surface area contributed by atoms with Gasteiger partial charge in [-0.3, -0.25) is 9.89 Å². The van der Waals surface area contributed by atoms with Gasteiger partial charge in [0.25, 0.3) is 5.56 Å². The molecule has 2 aromatic carbocycles. The Labute approximate surface area is 170 Å². The number of aryl methyl sites for hydroxylation is 2. The molecule has 1 N–H and O–H groups in total. The Morgan fingerprint density at radius 2 is 1.89 bits per heavy atom. The van der Waals surface area contributed by atoms with E-state index in [-0.39, 0.29) is 16.8 Å². The number of H-pyrrole nitrogens is 1. The maximum Gasteiger partial charge on any atom is 0.275 e. The van der Waals surface area contributed by atoms with Gasteiger partial charge in [-0.1, -0.05) is 53.5 Å². The van der Waals surface area contributed by atoms with Crippen molar-refractivity contribution in [3.63, 3.8) is 0 Å². The fraction of sp³-hybridized carbons (Fsp3) is 0.0952. The van der Waals surface area contributed by atoms with Crippen LogP contribution in [0.2, 0.25) is 10.0 Å². The molecule has 4 aromatic rings. The summed E-state index contributed by atoms with van der Waals surface area (Å²) in [6.45, 7) is 0. The zero-order valence-corrected chi connectivity index (χ0v) is 16.1. The third-order valence-corrected chi connectivity index (χ3v) is 5.12. The van der Waals surface area contributed by atoms with E-state index in [1.54, 1.807) is 24.4 Å². The predicted octanol–water partition coefficient (Wildman–Crippen LogP) is 4.65. The Balaban J connectivity index is 1.79. The molecule has 0 amide bonds. The fourth-order valence-corrected chi connectivity index (χ4v) is 3.64. The Hall–Kier alpha value is -3.07. The van der Waals surface area contributed by atoms with Crippen LogP contribution in [0.5, 0.6) is 0 Å². The van der Waals surface area contributed by atoms with Crippen molar-refractivity contribution in [3.05, 3.63) is 91.8 Å².